The molecule has 0 radical (unpaired) electrons. The monoisotopic (exact) mass is 461 g/mol. The van der Waals surface area contributed by atoms with Crippen molar-refractivity contribution in [3.63, 3.8) is 0 Å². The molecule has 3 nitrogen and oxygen atoms in total. The molecule has 0 saturated heterocycles. The number of benzene rings is 3. The molecule has 4 rings (SSSR count). The van der Waals surface area contributed by atoms with Gasteiger partial charge in [0.25, 0.3) is 0 Å². The van der Waals surface area contributed by atoms with E-state index in [0.717, 1.165) is 28.5 Å². The van der Waals surface area contributed by atoms with Gasteiger partial charge >= 0.3 is 12.1 Å². The summed E-state index contributed by atoms with van der Waals surface area (Å²) in [5.41, 5.74) is 2.68. The van der Waals surface area contributed by atoms with Crippen molar-refractivity contribution in [3.8, 4) is 22.5 Å². The molecule has 1 unspecified atom stereocenters. The summed E-state index contributed by atoms with van der Waals surface area (Å²) in [6.45, 7) is 5.61. The molecule has 1 heterocycles. The Kier molecular flexibility index (Phi) is 6.24. The molecular formula is C28H22F3NO2. The Balaban J connectivity index is 1.88. The molecule has 6 heteroatoms. The lowest BCUT2D eigenvalue weighted by atomic mass is 9.90. The summed E-state index contributed by atoms with van der Waals surface area (Å²) in [6, 6.07) is 21.7. The smallest absolute Gasteiger partial charge is 0.416 e. The summed E-state index contributed by atoms with van der Waals surface area (Å²) in [7, 11) is 0. The second kappa shape index (κ2) is 9.14. The first-order valence-corrected chi connectivity index (χ1v) is 10.7. The number of fused-ring (bicyclic) bond motifs is 1. The minimum Gasteiger partial charge on any atom is -0.481 e. The highest BCUT2D eigenvalue weighted by Gasteiger charge is 2.30. The first-order valence-electron chi connectivity index (χ1n) is 10.7. The molecule has 172 valence electrons. The third-order valence-electron chi connectivity index (χ3n) is 5.65. The predicted octanol–water partition coefficient (Wildman–Crippen LogP) is 7.72. The number of allylic oxidation sites excluding steroid dienone is 1. The summed E-state index contributed by atoms with van der Waals surface area (Å²) >= 11 is 0. The lowest BCUT2D eigenvalue weighted by Gasteiger charge is -2.16. The van der Waals surface area contributed by atoms with Crippen molar-refractivity contribution in [1.29, 1.82) is 0 Å². The highest BCUT2D eigenvalue weighted by Crippen LogP contribution is 2.34. The van der Waals surface area contributed by atoms with Gasteiger partial charge < -0.3 is 5.11 Å². The number of alkyl halides is 3. The molecule has 0 aliphatic rings. The van der Waals surface area contributed by atoms with Gasteiger partial charge in [-0.05, 0) is 60.0 Å². The third-order valence-corrected chi connectivity index (χ3v) is 5.65. The van der Waals surface area contributed by atoms with E-state index in [9.17, 15) is 23.1 Å². The molecule has 0 saturated carbocycles. The average Bonchev–Trinajstić information content (AvgIpc) is 2.81. The number of carboxylic acids is 1. The van der Waals surface area contributed by atoms with Crippen LogP contribution in [0, 0.1) is 0 Å². The number of aliphatic carboxylic acids is 1. The van der Waals surface area contributed by atoms with E-state index in [1.54, 1.807) is 19.1 Å². The van der Waals surface area contributed by atoms with Crippen LogP contribution in [0.15, 0.2) is 91.0 Å². The van der Waals surface area contributed by atoms with E-state index >= 15 is 0 Å². The van der Waals surface area contributed by atoms with Crippen molar-refractivity contribution in [2.24, 2.45) is 0 Å². The SMILES string of the molecule is C=C(C)CC(C(=O)O)c1cc(-c2ccc(C(F)(F)F)cc2)nc(-c2ccc3ccccc3c2)c1. The largest absolute Gasteiger partial charge is 0.481 e. The predicted molar refractivity (Wildman–Crippen MR) is 127 cm³/mol. The standard InChI is InChI=1S/C28H22F3NO2/c1-17(2)13-24(27(33)34)22-15-25(19-9-11-23(12-10-19)28(29,30)31)32-26(16-22)21-8-7-18-5-3-4-6-20(18)14-21/h3-12,14-16,24H,1,13H2,2H3,(H,33,34). The minimum atomic E-state index is -4.44. The summed E-state index contributed by atoms with van der Waals surface area (Å²) in [5, 5.41) is 11.9. The zero-order valence-corrected chi connectivity index (χ0v) is 18.4. The molecule has 0 aliphatic carbocycles. The minimum absolute atomic E-state index is 0.239. The van der Waals surface area contributed by atoms with E-state index in [1.165, 1.54) is 12.1 Å². The molecule has 4 aromatic rings. The highest BCUT2D eigenvalue weighted by molar-refractivity contribution is 5.87. The second-order valence-corrected chi connectivity index (χ2v) is 8.36. The van der Waals surface area contributed by atoms with E-state index < -0.39 is 23.6 Å². The van der Waals surface area contributed by atoms with Gasteiger partial charge in [-0.2, -0.15) is 13.2 Å². The molecule has 0 spiro atoms. The van der Waals surface area contributed by atoms with Crippen LogP contribution >= 0.6 is 0 Å². The number of rotatable bonds is 6. The number of carbonyl (C=O) groups is 1. The van der Waals surface area contributed by atoms with Crippen LogP contribution in [0.25, 0.3) is 33.3 Å². The summed E-state index contributed by atoms with van der Waals surface area (Å²) in [5.74, 6) is -1.86. The Morgan fingerprint density at radius 3 is 2.09 bits per heavy atom. The highest BCUT2D eigenvalue weighted by atomic mass is 19.4. The Labute approximate surface area is 195 Å². The van der Waals surface area contributed by atoms with Gasteiger partial charge in [-0.25, -0.2) is 4.98 Å². The molecule has 3 aromatic carbocycles. The zero-order valence-electron chi connectivity index (χ0n) is 18.4. The molecule has 0 bridgehead atoms. The number of hydrogen-bond acceptors (Lipinski definition) is 2. The normalized spacial score (nSPS) is 12.5. The van der Waals surface area contributed by atoms with Crippen molar-refractivity contribution in [2.45, 2.75) is 25.4 Å². The Morgan fingerprint density at radius 2 is 1.50 bits per heavy atom. The average molecular weight is 461 g/mol. The van der Waals surface area contributed by atoms with Crippen molar-refractivity contribution >= 4 is 16.7 Å². The van der Waals surface area contributed by atoms with Gasteiger partial charge in [-0.3, -0.25) is 4.79 Å². The number of carboxylic acid groups (broad SMARTS) is 1. The lowest BCUT2D eigenvalue weighted by molar-refractivity contribution is -0.139. The van der Waals surface area contributed by atoms with Crippen LogP contribution < -0.4 is 0 Å². The molecule has 1 aromatic heterocycles. The first kappa shape index (κ1) is 23.2. The maximum absolute atomic E-state index is 13.0. The molecule has 0 aliphatic heterocycles. The van der Waals surface area contributed by atoms with Crippen molar-refractivity contribution in [1.82, 2.24) is 4.98 Å². The molecular weight excluding hydrogens is 439 g/mol. The quantitative estimate of drug-likeness (QED) is 0.299. The zero-order chi connectivity index (χ0) is 24.5. The van der Waals surface area contributed by atoms with Gasteiger partial charge in [-0.15, -0.1) is 6.58 Å². The van der Waals surface area contributed by atoms with E-state index in [2.05, 4.69) is 6.58 Å². The summed E-state index contributed by atoms with van der Waals surface area (Å²) in [4.78, 5) is 16.8. The van der Waals surface area contributed by atoms with Crippen LogP contribution in [0.4, 0.5) is 13.2 Å². The lowest BCUT2D eigenvalue weighted by Crippen LogP contribution is -2.12. The van der Waals surface area contributed by atoms with E-state index in [0.29, 0.717) is 28.1 Å². The first-order chi connectivity index (χ1) is 16.1. The molecule has 0 fully saturated rings. The topological polar surface area (TPSA) is 50.2 Å². The summed E-state index contributed by atoms with van der Waals surface area (Å²) < 4.78 is 39.1. The number of nitrogens with zero attached hydrogens (tertiary/aromatic N) is 1. The third kappa shape index (κ3) is 5.01. The number of pyridine rings is 1. The van der Waals surface area contributed by atoms with Gasteiger partial charge in [0.15, 0.2) is 0 Å². The number of halogens is 3. The van der Waals surface area contributed by atoms with Crippen molar-refractivity contribution in [3.05, 3.63) is 102 Å². The van der Waals surface area contributed by atoms with E-state index in [1.807, 2.05) is 42.5 Å². The van der Waals surface area contributed by atoms with Crippen LogP contribution in [0.1, 0.15) is 30.4 Å². The van der Waals surface area contributed by atoms with Gasteiger partial charge in [0.2, 0.25) is 0 Å². The maximum atomic E-state index is 13.0. The maximum Gasteiger partial charge on any atom is 0.416 e. The van der Waals surface area contributed by atoms with Crippen molar-refractivity contribution < 1.29 is 23.1 Å². The fraction of sp³-hybridized carbons (Fsp3) is 0.143. The van der Waals surface area contributed by atoms with Gasteiger partial charge in [0.1, 0.15) is 0 Å². The summed E-state index contributed by atoms with van der Waals surface area (Å²) in [6.07, 6.45) is -4.21. The van der Waals surface area contributed by atoms with Gasteiger partial charge in [-0.1, -0.05) is 54.1 Å². The van der Waals surface area contributed by atoms with E-state index in [4.69, 9.17) is 4.98 Å². The molecule has 0 amide bonds. The van der Waals surface area contributed by atoms with Crippen LogP contribution in [0.2, 0.25) is 0 Å². The Hall–Kier alpha value is -3.93. The van der Waals surface area contributed by atoms with Crippen LogP contribution in [-0.2, 0) is 11.0 Å². The van der Waals surface area contributed by atoms with Crippen molar-refractivity contribution in [2.75, 3.05) is 0 Å². The van der Waals surface area contributed by atoms with Gasteiger partial charge in [0.05, 0.1) is 22.9 Å². The fourth-order valence-corrected chi connectivity index (χ4v) is 3.92. The van der Waals surface area contributed by atoms with Crippen LogP contribution in [-0.4, -0.2) is 16.1 Å². The van der Waals surface area contributed by atoms with E-state index in [-0.39, 0.29) is 6.42 Å². The van der Waals surface area contributed by atoms with Gasteiger partial charge in [0, 0.05) is 11.1 Å². The Morgan fingerprint density at radius 1 is 0.912 bits per heavy atom. The second-order valence-electron chi connectivity index (χ2n) is 8.36. The van der Waals surface area contributed by atoms with Crippen LogP contribution in [0.5, 0.6) is 0 Å². The molecule has 1 atom stereocenters. The van der Waals surface area contributed by atoms with Crippen LogP contribution in [0.3, 0.4) is 0 Å². The molecule has 1 N–H and O–H groups in total. The number of hydrogen-bond donors (Lipinski definition) is 1. The number of aromatic nitrogens is 1. The fourth-order valence-electron chi connectivity index (χ4n) is 3.92. The Bertz CT molecular complexity index is 1370. The molecule has 34 heavy (non-hydrogen) atoms.